The number of benzene rings is 2. The summed E-state index contributed by atoms with van der Waals surface area (Å²) in [4.78, 5) is 36.7. The van der Waals surface area contributed by atoms with Crippen molar-refractivity contribution in [1.82, 2.24) is 10.6 Å². The van der Waals surface area contributed by atoms with E-state index in [1.165, 1.54) is 0 Å². The smallest absolute Gasteiger partial charge is 0.329 e. The Kier molecular flexibility index (Phi) is 8.21. The molecule has 0 saturated heterocycles. The van der Waals surface area contributed by atoms with Gasteiger partial charge in [0.1, 0.15) is 6.04 Å². The molecule has 154 valence electrons. The Morgan fingerprint density at radius 2 is 1.45 bits per heavy atom. The highest BCUT2D eigenvalue weighted by molar-refractivity contribution is 5.93. The topological polar surface area (TPSA) is 96.5 Å². The third-order valence-corrected chi connectivity index (χ3v) is 4.26. The fourth-order valence-electron chi connectivity index (χ4n) is 2.66. The van der Waals surface area contributed by atoms with Gasteiger partial charge in [0.05, 0.1) is 6.04 Å². The van der Waals surface area contributed by atoms with E-state index in [0.29, 0.717) is 5.69 Å². The van der Waals surface area contributed by atoms with Crippen LogP contribution in [0, 0.1) is 5.92 Å². The van der Waals surface area contributed by atoms with Gasteiger partial charge in [-0.3, -0.25) is 4.79 Å². The van der Waals surface area contributed by atoms with Crippen molar-refractivity contribution >= 4 is 23.6 Å². The molecule has 2 rings (SSSR count). The summed E-state index contributed by atoms with van der Waals surface area (Å²) in [5.41, 5.74) is 1.56. The number of ether oxygens (including phenoxy) is 1. The Bertz CT molecular complexity index is 809. The maximum atomic E-state index is 12.4. The molecule has 3 amide bonds. The first kappa shape index (κ1) is 21.9. The predicted octanol–water partition coefficient (Wildman–Crippen LogP) is 3.25. The van der Waals surface area contributed by atoms with E-state index in [1.54, 1.807) is 38.1 Å². The molecule has 7 heteroatoms. The molecule has 0 heterocycles. The maximum absolute atomic E-state index is 12.4. The van der Waals surface area contributed by atoms with Gasteiger partial charge in [-0.15, -0.1) is 0 Å². The number of amides is 3. The lowest BCUT2D eigenvalue weighted by Gasteiger charge is -2.21. The van der Waals surface area contributed by atoms with Gasteiger partial charge in [-0.1, -0.05) is 62.4 Å². The van der Waals surface area contributed by atoms with Crippen LogP contribution in [0.1, 0.15) is 32.4 Å². The summed E-state index contributed by atoms with van der Waals surface area (Å²) < 4.78 is 5.12. The first-order valence-corrected chi connectivity index (χ1v) is 9.50. The summed E-state index contributed by atoms with van der Waals surface area (Å²) in [6.45, 7) is 5.00. The van der Waals surface area contributed by atoms with Gasteiger partial charge < -0.3 is 20.7 Å². The van der Waals surface area contributed by atoms with Crippen LogP contribution in [0.2, 0.25) is 0 Å². The molecule has 0 spiro atoms. The van der Waals surface area contributed by atoms with Crippen molar-refractivity contribution < 1.29 is 19.1 Å². The third-order valence-electron chi connectivity index (χ3n) is 4.26. The van der Waals surface area contributed by atoms with Crippen molar-refractivity contribution in [3.8, 4) is 0 Å². The zero-order chi connectivity index (χ0) is 21.2. The molecule has 0 aliphatic rings. The SMILES string of the molecule is CC(C)[C@H](NC(=O)Nc1ccccc1)C(=O)OCC(=O)N[C@H](C)c1ccccc1. The molecule has 29 heavy (non-hydrogen) atoms. The lowest BCUT2D eigenvalue weighted by molar-refractivity contribution is -0.151. The van der Waals surface area contributed by atoms with Crippen molar-refractivity contribution in [1.29, 1.82) is 0 Å². The normalized spacial score (nSPS) is 12.6. The van der Waals surface area contributed by atoms with E-state index in [9.17, 15) is 14.4 Å². The molecule has 7 nitrogen and oxygen atoms in total. The fourth-order valence-corrected chi connectivity index (χ4v) is 2.66. The lowest BCUT2D eigenvalue weighted by Crippen LogP contribution is -2.47. The Balaban J connectivity index is 1.84. The predicted molar refractivity (Wildman–Crippen MR) is 111 cm³/mol. The van der Waals surface area contributed by atoms with E-state index in [1.807, 2.05) is 43.3 Å². The molecule has 3 N–H and O–H groups in total. The molecule has 2 atom stereocenters. The zero-order valence-electron chi connectivity index (χ0n) is 16.8. The minimum Gasteiger partial charge on any atom is -0.454 e. The summed E-state index contributed by atoms with van der Waals surface area (Å²) in [6.07, 6.45) is 0. The molecule has 0 bridgehead atoms. The van der Waals surface area contributed by atoms with Crippen molar-refractivity contribution in [2.24, 2.45) is 5.92 Å². The van der Waals surface area contributed by atoms with E-state index in [0.717, 1.165) is 5.56 Å². The number of carbonyl (C=O) groups is 3. The number of nitrogens with one attached hydrogen (secondary N) is 3. The molecule has 2 aromatic carbocycles. The van der Waals surface area contributed by atoms with Crippen molar-refractivity contribution in [2.75, 3.05) is 11.9 Å². The van der Waals surface area contributed by atoms with Crippen molar-refractivity contribution in [3.05, 3.63) is 66.2 Å². The number of rotatable bonds is 8. The Morgan fingerprint density at radius 3 is 2.03 bits per heavy atom. The molecule has 0 fully saturated rings. The number of hydrogen-bond donors (Lipinski definition) is 3. The minimum absolute atomic E-state index is 0.210. The van der Waals surface area contributed by atoms with E-state index in [2.05, 4.69) is 16.0 Å². The minimum atomic E-state index is -0.877. The van der Waals surface area contributed by atoms with Crippen LogP contribution in [0.4, 0.5) is 10.5 Å². The van der Waals surface area contributed by atoms with Crippen LogP contribution in [0.3, 0.4) is 0 Å². The number of urea groups is 1. The van der Waals surface area contributed by atoms with Gasteiger partial charge in [0, 0.05) is 5.69 Å². The molecule has 0 aromatic heterocycles. The van der Waals surface area contributed by atoms with Gasteiger partial charge in [0.15, 0.2) is 6.61 Å². The van der Waals surface area contributed by atoms with Crippen LogP contribution in [0.25, 0.3) is 0 Å². The molecule has 0 unspecified atom stereocenters. The highest BCUT2D eigenvalue weighted by Crippen LogP contribution is 2.11. The Hall–Kier alpha value is -3.35. The average Bonchev–Trinajstić information content (AvgIpc) is 2.71. The van der Waals surface area contributed by atoms with Crippen LogP contribution in [0.5, 0.6) is 0 Å². The second-order valence-electron chi connectivity index (χ2n) is 6.99. The number of esters is 1. The third kappa shape index (κ3) is 7.29. The average molecular weight is 397 g/mol. The second-order valence-corrected chi connectivity index (χ2v) is 6.99. The lowest BCUT2D eigenvalue weighted by atomic mass is 10.1. The van der Waals surface area contributed by atoms with Crippen LogP contribution >= 0.6 is 0 Å². The van der Waals surface area contributed by atoms with Crippen molar-refractivity contribution in [3.63, 3.8) is 0 Å². The first-order valence-electron chi connectivity index (χ1n) is 9.50. The highest BCUT2D eigenvalue weighted by atomic mass is 16.5. The summed E-state index contributed by atoms with van der Waals surface area (Å²) in [5, 5.41) is 8.03. The maximum Gasteiger partial charge on any atom is 0.329 e. The summed E-state index contributed by atoms with van der Waals surface area (Å²) >= 11 is 0. The monoisotopic (exact) mass is 397 g/mol. The van der Waals surface area contributed by atoms with Crippen molar-refractivity contribution in [2.45, 2.75) is 32.9 Å². The van der Waals surface area contributed by atoms with Crippen LogP contribution < -0.4 is 16.0 Å². The molecule has 2 aromatic rings. The standard InChI is InChI=1S/C22H27N3O4/c1-15(2)20(25-22(28)24-18-12-8-5-9-13-18)21(27)29-14-19(26)23-16(3)17-10-6-4-7-11-17/h4-13,15-16,20H,14H2,1-3H3,(H,23,26)(H2,24,25,28)/t16-,20+/m1/s1. The summed E-state index contributed by atoms with van der Waals surface area (Å²) in [6, 6.07) is 16.8. The molecule has 0 radical (unpaired) electrons. The largest absolute Gasteiger partial charge is 0.454 e. The molecule has 0 aliphatic heterocycles. The summed E-state index contributed by atoms with van der Waals surface area (Å²) in [5.74, 6) is -1.29. The molecule has 0 aliphatic carbocycles. The number of hydrogen-bond acceptors (Lipinski definition) is 4. The quantitative estimate of drug-likeness (QED) is 0.596. The van der Waals surface area contributed by atoms with E-state index in [-0.39, 0.29) is 12.0 Å². The first-order chi connectivity index (χ1) is 13.9. The second kappa shape index (κ2) is 10.8. The van der Waals surface area contributed by atoms with E-state index in [4.69, 9.17) is 4.74 Å². The fraction of sp³-hybridized carbons (Fsp3) is 0.318. The molecular weight excluding hydrogens is 370 g/mol. The Labute approximate surface area is 170 Å². The van der Waals surface area contributed by atoms with E-state index < -0.39 is 30.6 Å². The van der Waals surface area contributed by atoms with Crippen LogP contribution in [-0.2, 0) is 14.3 Å². The molecule has 0 saturated carbocycles. The number of anilines is 1. The van der Waals surface area contributed by atoms with Crippen LogP contribution in [-0.4, -0.2) is 30.6 Å². The van der Waals surface area contributed by atoms with E-state index >= 15 is 0 Å². The summed E-state index contributed by atoms with van der Waals surface area (Å²) in [7, 11) is 0. The number of para-hydroxylation sites is 1. The Morgan fingerprint density at radius 1 is 0.862 bits per heavy atom. The number of carbonyl (C=O) groups excluding carboxylic acids is 3. The highest BCUT2D eigenvalue weighted by Gasteiger charge is 2.26. The van der Waals surface area contributed by atoms with Gasteiger partial charge in [-0.2, -0.15) is 0 Å². The van der Waals surface area contributed by atoms with Gasteiger partial charge in [0.25, 0.3) is 5.91 Å². The zero-order valence-corrected chi connectivity index (χ0v) is 16.8. The van der Waals surface area contributed by atoms with Crippen LogP contribution in [0.15, 0.2) is 60.7 Å². The van der Waals surface area contributed by atoms with Gasteiger partial charge in [-0.05, 0) is 30.5 Å². The van der Waals surface area contributed by atoms with Gasteiger partial charge in [0.2, 0.25) is 0 Å². The van der Waals surface area contributed by atoms with Gasteiger partial charge in [-0.25, -0.2) is 9.59 Å². The van der Waals surface area contributed by atoms with Gasteiger partial charge >= 0.3 is 12.0 Å². The molecular formula is C22H27N3O4.